The number of carboxylic acids is 1. The SMILES string of the molecule is CCCC(C)(O)CNC(=O)C1CCC1C(=O)O. The molecule has 0 heterocycles. The van der Waals surface area contributed by atoms with Crippen LogP contribution in [0.3, 0.4) is 0 Å². The molecule has 0 bridgehead atoms. The summed E-state index contributed by atoms with van der Waals surface area (Å²) >= 11 is 0. The Morgan fingerprint density at radius 2 is 1.94 bits per heavy atom. The van der Waals surface area contributed by atoms with Gasteiger partial charge >= 0.3 is 5.97 Å². The number of rotatable bonds is 6. The molecule has 3 atom stereocenters. The van der Waals surface area contributed by atoms with E-state index in [0.717, 1.165) is 6.42 Å². The molecule has 1 amide bonds. The Bertz CT molecular complexity index is 301. The maximum absolute atomic E-state index is 11.7. The lowest BCUT2D eigenvalue weighted by Gasteiger charge is -2.33. The highest BCUT2D eigenvalue weighted by Gasteiger charge is 2.41. The second kappa shape index (κ2) is 5.49. The van der Waals surface area contributed by atoms with Crippen LogP contribution in [-0.4, -0.2) is 34.2 Å². The molecule has 3 N–H and O–H groups in total. The maximum Gasteiger partial charge on any atom is 0.307 e. The highest BCUT2D eigenvalue weighted by atomic mass is 16.4. The molecule has 0 aromatic heterocycles. The van der Waals surface area contributed by atoms with Gasteiger partial charge in [-0.15, -0.1) is 0 Å². The van der Waals surface area contributed by atoms with Crippen LogP contribution in [0.4, 0.5) is 0 Å². The molecule has 5 nitrogen and oxygen atoms in total. The lowest BCUT2D eigenvalue weighted by molar-refractivity contribution is -0.153. The lowest BCUT2D eigenvalue weighted by atomic mass is 9.73. The molecule has 1 fully saturated rings. The Balaban J connectivity index is 2.38. The summed E-state index contributed by atoms with van der Waals surface area (Å²) in [6.07, 6.45) is 2.64. The number of aliphatic carboxylic acids is 1. The van der Waals surface area contributed by atoms with Gasteiger partial charge < -0.3 is 15.5 Å². The molecule has 0 spiro atoms. The zero-order chi connectivity index (χ0) is 13.1. The summed E-state index contributed by atoms with van der Waals surface area (Å²) in [5.74, 6) is -2.13. The second-order valence-corrected chi connectivity index (χ2v) is 5.09. The fourth-order valence-electron chi connectivity index (χ4n) is 2.14. The second-order valence-electron chi connectivity index (χ2n) is 5.09. The molecular formula is C12H21NO4. The van der Waals surface area contributed by atoms with Crippen molar-refractivity contribution >= 4 is 11.9 Å². The molecule has 17 heavy (non-hydrogen) atoms. The topological polar surface area (TPSA) is 86.6 Å². The summed E-state index contributed by atoms with van der Waals surface area (Å²) in [6, 6.07) is 0. The van der Waals surface area contributed by atoms with E-state index < -0.39 is 23.4 Å². The van der Waals surface area contributed by atoms with E-state index >= 15 is 0 Å². The van der Waals surface area contributed by atoms with Gasteiger partial charge in [-0.3, -0.25) is 9.59 Å². The van der Waals surface area contributed by atoms with Gasteiger partial charge in [0.2, 0.25) is 5.91 Å². The van der Waals surface area contributed by atoms with Gasteiger partial charge in [-0.1, -0.05) is 13.3 Å². The Kier molecular flexibility index (Phi) is 4.51. The summed E-state index contributed by atoms with van der Waals surface area (Å²) < 4.78 is 0. The summed E-state index contributed by atoms with van der Waals surface area (Å²) in [6.45, 7) is 3.82. The van der Waals surface area contributed by atoms with Gasteiger partial charge in [0, 0.05) is 6.54 Å². The highest BCUT2D eigenvalue weighted by molar-refractivity contribution is 5.86. The van der Waals surface area contributed by atoms with E-state index in [2.05, 4.69) is 5.32 Å². The van der Waals surface area contributed by atoms with Gasteiger partial charge in [-0.2, -0.15) is 0 Å². The fourth-order valence-corrected chi connectivity index (χ4v) is 2.14. The first-order valence-electron chi connectivity index (χ1n) is 6.10. The Hall–Kier alpha value is -1.10. The predicted molar refractivity (Wildman–Crippen MR) is 62.4 cm³/mol. The van der Waals surface area contributed by atoms with Crippen LogP contribution in [0.15, 0.2) is 0 Å². The molecule has 0 radical (unpaired) electrons. The molecule has 5 heteroatoms. The Morgan fingerprint density at radius 3 is 2.35 bits per heavy atom. The van der Waals surface area contributed by atoms with Crippen molar-refractivity contribution < 1.29 is 19.8 Å². The number of carbonyl (C=O) groups excluding carboxylic acids is 1. The molecule has 0 aromatic rings. The van der Waals surface area contributed by atoms with E-state index in [1.165, 1.54) is 0 Å². The van der Waals surface area contributed by atoms with Crippen molar-refractivity contribution in [2.75, 3.05) is 6.54 Å². The summed E-state index contributed by atoms with van der Waals surface area (Å²) in [7, 11) is 0. The predicted octanol–water partition coefficient (Wildman–Crippen LogP) is 0.764. The zero-order valence-corrected chi connectivity index (χ0v) is 10.4. The quantitative estimate of drug-likeness (QED) is 0.643. The van der Waals surface area contributed by atoms with Gasteiger partial charge in [0.15, 0.2) is 0 Å². The van der Waals surface area contributed by atoms with Crippen molar-refractivity contribution in [3.05, 3.63) is 0 Å². The molecule has 1 rings (SSSR count). The third kappa shape index (κ3) is 3.70. The van der Waals surface area contributed by atoms with Crippen molar-refractivity contribution in [2.45, 2.75) is 45.1 Å². The maximum atomic E-state index is 11.7. The summed E-state index contributed by atoms with van der Waals surface area (Å²) in [5, 5.41) is 21.4. The lowest BCUT2D eigenvalue weighted by Crippen LogP contribution is -2.48. The molecular weight excluding hydrogens is 222 g/mol. The number of hydrogen-bond acceptors (Lipinski definition) is 3. The van der Waals surface area contributed by atoms with Gasteiger partial charge in [-0.25, -0.2) is 0 Å². The van der Waals surface area contributed by atoms with Gasteiger partial charge in [-0.05, 0) is 26.2 Å². The van der Waals surface area contributed by atoms with Crippen molar-refractivity contribution in [3.8, 4) is 0 Å². The minimum atomic E-state index is -0.910. The number of aliphatic hydroxyl groups is 1. The van der Waals surface area contributed by atoms with Crippen molar-refractivity contribution in [2.24, 2.45) is 11.8 Å². The first-order chi connectivity index (χ1) is 7.87. The van der Waals surface area contributed by atoms with Crippen molar-refractivity contribution in [1.82, 2.24) is 5.32 Å². The highest BCUT2D eigenvalue weighted by Crippen LogP contribution is 2.34. The normalized spacial score (nSPS) is 26.8. The van der Waals surface area contributed by atoms with Crippen LogP contribution in [0.5, 0.6) is 0 Å². The van der Waals surface area contributed by atoms with Crippen LogP contribution in [0, 0.1) is 11.8 Å². The minimum Gasteiger partial charge on any atom is -0.481 e. The molecule has 1 aliphatic carbocycles. The standard InChI is InChI=1S/C12H21NO4/c1-3-6-12(2,17)7-13-10(14)8-4-5-9(8)11(15)16/h8-9,17H,3-7H2,1-2H3,(H,13,14)(H,15,16). The van der Waals surface area contributed by atoms with Crippen LogP contribution >= 0.6 is 0 Å². The zero-order valence-electron chi connectivity index (χ0n) is 10.4. The molecule has 0 aromatic carbocycles. The fraction of sp³-hybridized carbons (Fsp3) is 0.833. The molecule has 98 valence electrons. The van der Waals surface area contributed by atoms with Crippen LogP contribution in [0.1, 0.15) is 39.5 Å². The van der Waals surface area contributed by atoms with E-state index in [1.54, 1.807) is 6.92 Å². The molecule has 0 aliphatic heterocycles. The Labute approximate surface area is 101 Å². The number of nitrogens with one attached hydrogen (secondary N) is 1. The largest absolute Gasteiger partial charge is 0.481 e. The van der Waals surface area contributed by atoms with Crippen LogP contribution in [0.2, 0.25) is 0 Å². The third-order valence-corrected chi connectivity index (χ3v) is 3.36. The van der Waals surface area contributed by atoms with E-state index in [4.69, 9.17) is 5.11 Å². The number of hydrogen-bond donors (Lipinski definition) is 3. The van der Waals surface area contributed by atoms with Gasteiger partial charge in [0.25, 0.3) is 0 Å². The van der Waals surface area contributed by atoms with Crippen molar-refractivity contribution in [3.63, 3.8) is 0 Å². The summed E-state index contributed by atoms with van der Waals surface area (Å²) in [5.41, 5.74) is -0.910. The first kappa shape index (κ1) is 14.0. The number of carboxylic acid groups (broad SMARTS) is 1. The van der Waals surface area contributed by atoms with E-state index in [-0.39, 0.29) is 12.5 Å². The van der Waals surface area contributed by atoms with Crippen molar-refractivity contribution in [1.29, 1.82) is 0 Å². The molecule has 0 saturated heterocycles. The molecule has 3 unspecified atom stereocenters. The van der Waals surface area contributed by atoms with Crippen LogP contribution in [0.25, 0.3) is 0 Å². The Morgan fingerprint density at radius 1 is 1.35 bits per heavy atom. The van der Waals surface area contributed by atoms with Gasteiger partial charge in [0.1, 0.15) is 0 Å². The number of carbonyl (C=O) groups is 2. The van der Waals surface area contributed by atoms with E-state index in [0.29, 0.717) is 19.3 Å². The average molecular weight is 243 g/mol. The summed E-state index contributed by atoms with van der Waals surface area (Å²) in [4.78, 5) is 22.5. The number of amides is 1. The smallest absolute Gasteiger partial charge is 0.307 e. The molecule has 1 aliphatic rings. The van der Waals surface area contributed by atoms with Crippen LogP contribution in [-0.2, 0) is 9.59 Å². The van der Waals surface area contributed by atoms with E-state index in [1.807, 2.05) is 6.92 Å². The average Bonchev–Trinajstić information content (AvgIpc) is 2.12. The van der Waals surface area contributed by atoms with Crippen LogP contribution < -0.4 is 5.32 Å². The minimum absolute atomic E-state index is 0.183. The van der Waals surface area contributed by atoms with E-state index in [9.17, 15) is 14.7 Å². The first-order valence-corrected chi connectivity index (χ1v) is 6.10. The monoisotopic (exact) mass is 243 g/mol. The van der Waals surface area contributed by atoms with Gasteiger partial charge in [0.05, 0.1) is 17.4 Å². The third-order valence-electron chi connectivity index (χ3n) is 3.36. The molecule has 1 saturated carbocycles.